The molecule has 0 aliphatic rings. The van der Waals surface area contributed by atoms with Gasteiger partial charge in [0.1, 0.15) is 5.58 Å². The van der Waals surface area contributed by atoms with Gasteiger partial charge in [-0.15, -0.1) is 0 Å². The van der Waals surface area contributed by atoms with Crippen molar-refractivity contribution in [2.45, 2.75) is 0 Å². The van der Waals surface area contributed by atoms with Crippen LogP contribution in [-0.2, 0) is 4.57 Å². The average molecular weight is 346 g/mol. The SMILES string of the molecule is O=c1cc(P(=O)(c2ccccc2)c2ccccc2)oc2ccccc12. The van der Waals surface area contributed by atoms with Crippen LogP contribution in [0.15, 0.2) is 100 Å². The summed E-state index contributed by atoms with van der Waals surface area (Å²) in [6, 6.07) is 26.7. The summed E-state index contributed by atoms with van der Waals surface area (Å²) in [6.45, 7) is 0. The Morgan fingerprint density at radius 2 is 1.20 bits per heavy atom. The maximum atomic E-state index is 14.2. The predicted octanol–water partition coefficient (Wildman–Crippen LogP) is 3.43. The van der Waals surface area contributed by atoms with Gasteiger partial charge in [-0.1, -0.05) is 72.8 Å². The minimum absolute atomic E-state index is 0.191. The first-order valence-electron chi connectivity index (χ1n) is 7.94. The van der Waals surface area contributed by atoms with Crippen molar-refractivity contribution in [2.24, 2.45) is 0 Å². The third-order valence-corrected chi connectivity index (χ3v) is 7.06. The van der Waals surface area contributed by atoms with Crippen LogP contribution in [0, 0.1) is 0 Å². The maximum Gasteiger partial charge on any atom is 0.204 e. The molecule has 0 radical (unpaired) electrons. The Hall–Kier alpha value is -2.90. The highest BCUT2D eigenvalue weighted by atomic mass is 31.2. The fraction of sp³-hybridized carbons (Fsp3) is 0. The van der Waals surface area contributed by atoms with E-state index in [9.17, 15) is 9.36 Å². The van der Waals surface area contributed by atoms with Gasteiger partial charge in [0, 0.05) is 16.7 Å². The molecule has 0 bridgehead atoms. The van der Waals surface area contributed by atoms with Crippen molar-refractivity contribution in [1.29, 1.82) is 0 Å². The van der Waals surface area contributed by atoms with E-state index in [1.165, 1.54) is 6.07 Å². The van der Waals surface area contributed by atoms with Crippen LogP contribution in [0.4, 0.5) is 0 Å². The molecule has 0 aliphatic heterocycles. The molecule has 25 heavy (non-hydrogen) atoms. The lowest BCUT2D eigenvalue weighted by molar-refractivity contribution is 0.577. The molecule has 4 aromatic rings. The Kier molecular flexibility index (Phi) is 3.87. The van der Waals surface area contributed by atoms with Crippen molar-refractivity contribution in [2.75, 3.05) is 0 Å². The fourth-order valence-corrected chi connectivity index (χ4v) is 5.44. The van der Waals surface area contributed by atoms with Gasteiger partial charge in [-0.3, -0.25) is 4.79 Å². The summed E-state index contributed by atoms with van der Waals surface area (Å²) in [4.78, 5) is 12.5. The second-order valence-corrected chi connectivity index (χ2v) is 8.42. The highest BCUT2D eigenvalue weighted by molar-refractivity contribution is 7.85. The van der Waals surface area contributed by atoms with E-state index in [2.05, 4.69) is 0 Å². The smallest absolute Gasteiger partial charge is 0.204 e. The molecule has 122 valence electrons. The molecule has 3 nitrogen and oxygen atoms in total. The van der Waals surface area contributed by atoms with Crippen molar-refractivity contribution < 1.29 is 8.98 Å². The van der Waals surface area contributed by atoms with Gasteiger partial charge < -0.3 is 8.98 Å². The zero-order chi connectivity index (χ0) is 17.3. The average Bonchev–Trinajstić information content (AvgIpc) is 2.68. The van der Waals surface area contributed by atoms with Gasteiger partial charge in [-0.05, 0) is 12.1 Å². The maximum absolute atomic E-state index is 14.2. The molecule has 4 heteroatoms. The third kappa shape index (κ3) is 2.63. The van der Waals surface area contributed by atoms with Crippen LogP contribution in [0.5, 0.6) is 0 Å². The van der Waals surface area contributed by atoms with E-state index in [4.69, 9.17) is 4.42 Å². The van der Waals surface area contributed by atoms with Gasteiger partial charge in [-0.2, -0.15) is 0 Å². The van der Waals surface area contributed by atoms with Crippen molar-refractivity contribution in [3.05, 3.63) is 101 Å². The second kappa shape index (κ2) is 6.19. The number of para-hydroxylation sites is 1. The summed E-state index contributed by atoms with van der Waals surface area (Å²) < 4.78 is 20.1. The summed E-state index contributed by atoms with van der Waals surface area (Å²) in [5.74, 6) is 0. The van der Waals surface area contributed by atoms with Gasteiger partial charge in [-0.25, -0.2) is 0 Å². The molecular weight excluding hydrogens is 331 g/mol. The van der Waals surface area contributed by atoms with E-state index in [0.717, 1.165) is 0 Å². The Morgan fingerprint density at radius 1 is 0.680 bits per heavy atom. The first-order chi connectivity index (χ1) is 12.2. The molecular formula is C21H15O3P. The molecule has 0 unspecified atom stereocenters. The molecule has 0 atom stereocenters. The fourth-order valence-electron chi connectivity index (χ4n) is 2.93. The zero-order valence-electron chi connectivity index (χ0n) is 13.3. The number of benzene rings is 3. The molecule has 0 aliphatic carbocycles. The minimum atomic E-state index is -3.27. The van der Waals surface area contributed by atoms with Crippen molar-refractivity contribution in [1.82, 2.24) is 0 Å². The lowest BCUT2D eigenvalue weighted by atomic mass is 10.2. The summed E-state index contributed by atoms with van der Waals surface area (Å²) in [6.07, 6.45) is 0. The number of hydrogen-bond donors (Lipinski definition) is 0. The van der Waals surface area contributed by atoms with Crippen LogP contribution in [0.25, 0.3) is 11.0 Å². The summed E-state index contributed by atoms with van der Waals surface area (Å²) in [7, 11) is -3.27. The first-order valence-corrected chi connectivity index (χ1v) is 9.65. The van der Waals surface area contributed by atoms with E-state index in [0.29, 0.717) is 21.6 Å². The third-order valence-electron chi connectivity index (χ3n) is 4.17. The molecule has 1 aromatic heterocycles. The molecule has 0 spiro atoms. The highest BCUT2D eigenvalue weighted by Gasteiger charge is 2.33. The number of rotatable bonds is 3. The predicted molar refractivity (Wildman–Crippen MR) is 102 cm³/mol. The Bertz CT molecular complexity index is 1090. The normalized spacial score (nSPS) is 11.5. The molecule has 0 saturated heterocycles. The van der Waals surface area contributed by atoms with Gasteiger partial charge in [0.05, 0.1) is 5.39 Å². The van der Waals surface area contributed by atoms with Gasteiger partial charge in [0.25, 0.3) is 0 Å². The van der Waals surface area contributed by atoms with Crippen LogP contribution >= 0.6 is 7.14 Å². The highest BCUT2D eigenvalue weighted by Crippen LogP contribution is 2.42. The van der Waals surface area contributed by atoms with E-state index in [1.807, 2.05) is 60.7 Å². The van der Waals surface area contributed by atoms with Crippen molar-refractivity contribution >= 4 is 34.2 Å². The lowest BCUT2D eigenvalue weighted by Gasteiger charge is -2.18. The largest absolute Gasteiger partial charge is 0.452 e. The Morgan fingerprint density at radius 3 is 1.80 bits per heavy atom. The molecule has 0 amide bonds. The summed E-state index contributed by atoms with van der Waals surface area (Å²) >= 11 is 0. The quantitative estimate of drug-likeness (QED) is 0.534. The monoisotopic (exact) mass is 346 g/mol. The number of hydrogen-bond acceptors (Lipinski definition) is 3. The van der Waals surface area contributed by atoms with Crippen LogP contribution < -0.4 is 21.5 Å². The van der Waals surface area contributed by atoms with Gasteiger partial charge >= 0.3 is 0 Å². The van der Waals surface area contributed by atoms with Crippen molar-refractivity contribution in [3.63, 3.8) is 0 Å². The molecule has 4 rings (SSSR count). The van der Waals surface area contributed by atoms with E-state index < -0.39 is 7.14 Å². The van der Waals surface area contributed by atoms with Crippen LogP contribution in [0.3, 0.4) is 0 Å². The van der Waals surface area contributed by atoms with E-state index >= 15 is 0 Å². The molecule has 0 N–H and O–H groups in total. The van der Waals surface area contributed by atoms with E-state index in [1.54, 1.807) is 24.3 Å². The van der Waals surface area contributed by atoms with Crippen LogP contribution in [0.2, 0.25) is 0 Å². The van der Waals surface area contributed by atoms with Crippen LogP contribution in [-0.4, -0.2) is 0 Å². The van der Waals surface area contributed by atoms with E-state index in [-0.39, 0.29) is 10.9 Å². The molecule has 1 heterocycles. The number of fused-ring (bicyclic) bond motifs is 1. The first kappa shape index (κ1) is 15.6. The lowest BCUT2D eigenvalue weighted by Crippen LogP contribution is -2.27. The zero-order valence-corrected chi connectivity index (χ0v) is 14.2. The van der Waals surface area contributed by atoms with Crippen molar-refractivity contribution in [3.8, 4) is 0 Å². The molecule has 0 saturated carbocycles. The van der Waals surface area contributed by atoms with Gasteiger partial charge in [0.2, 0.25) is 7.14 Å². The summed E-state index contributed by atoms with van der Waals surface area (Å²) in [5.41, 5.74) is 0.453. The summed E-state index contributed by atoms with van der Waals surface area (Å²) in [5, 5.41) is 1.76. The Labute approximate surface area is 144 Å². The Balaban J connectivity index is 2.06. The van der Waals surface area contributed by atoms with Gasteiger partial charge in [0.15, 0.2) is 10.9 Å². The molecule has 0 fully saturated rings. The standard InChI is InChI=1S/C21H15O3P/c22-19-15-21(24-20-14-8-7-13-18(19)20)25(23,16-9-3-1-4-10-16)17-11-5-2-6-12-17/h1-15H. The topological polar surface area (TPSA) is 47.3 Å². The second-order valence-electron chi connectivity index (χ2n) is 5.73. The van der Waals surface area contributed by atoms with Crippen LogP contribution in [0.1, 0.15) is 0 Å². The minimum Gasteiger partial charge on any atom is -0.452 e. The molecule has 3 aromatic carbocycles.